The van der Waals surface area contributed by atoms with Crippen LogP contribution < -0.4 is 0 Å². The molecule has 0 fully saturated rings. The number of halogens is 2. The summed E-state index contributed by atoms with van der Waals surface area (Å²) in [5.74, 6) is 0.792. The van der Waals surface area contributed by atoms with Crippen LogP contribution in [-0.4, -0.2) is 0 Å². The van der Waals surface area contributed by atoms with Crippen molar-refractivity contribution in [2.24, 2.45) is 5.92 Å². The summed E-state index contributed by atoms with van der Waals surface area (Å²) in [6.07, 6.45) is 11.0. The summed E-state index contributed by atoms with van der Waals surface area (Å²) >= 11 is 5.30. The second-order valence-electron chi connectivity index (χ2n) is 2.67. The topological polar surface area (TPSA) is 0 Å². The van der Waals surface area contributed by atoms with Crippen LogP contribution >= 0.6 is 39.5 Å². The van der Waals surface area contributed by atoms with Crippen molar-refractivity contribution in [1.82, 2.24) is 0 Å². The molecule has 3 heteroatoms. The summed E-state index contributed by atoms with van der Waals surface area (Å²) in [5, 5.41) is 0. The SMILES string of the molecule is [I][Ru]([I])[C]12C=CC(C=C1)C2. The van der Waals surface area contributed by atoms with Crippen molar-refractivity contribution in [2.45, 2.75) is 10.4 Å². The van der Waals surface area contributed by atoms with Crippen molar-refractivity contribution in [3.8, 4) is 0 Å². The van der Waals surface area contributed by atoms with Crippen LogP contribution in [0.2, 0.25) is 4.01 Å². The fraction of sp³-hybridized carbons (Fsp3) is 0.429. The Hall–Kier alpha value is 1.56. The van der Waals surface area contributed by atoms with Crippen molar-refractivity contribution in [1.29, 1.82) is 0 Å². The van der Waals surface area contributed by atoms with Gasteiger partial charge in [0.25, 0.3) is 0 Å². The molecule has 0 radical (unpaired) electrons. The van der Waals surface area contributed by atoms with Gasteiger partial charge in [0.05, 0.1) is 0 Å². The number of hydrogen-bond acceptors (Lipinski definition) is 0. The number of fused-ring (bicyclic) bond motifs is 2. The molecule has 0 aromatic heterocycles. The van der Waals surface area contributed by atoms with Gasteiger partial charge in [-0.15, -0.1) is 0 Å². The van der Waals surface area contributed by atoms with E-state index < -0.39 is 8.92 Å². The van der Waals surface area contributed by atoms with Gasteiger partial charge in [0.15, 0.2) is 0 Å². The summed E-state index contributed by atoms with van der Waals surface area (Å²) in [6.45, 7) is 0. The van der Waals surface area contributed by atoms with Gasteiger partial charge in [0, 0.05) is 0 Å². The molecule has 0 saturated heterocycles. The molecule has 2 aliphatic carbocycles. The summed E-state index contributed by atoms with van der Waals surface area (Å²) < 4.78 is 0.566. The summed E-state index contributed by atoms with van der Waals surface area (Å²) in [4.78, 5) is 0. The van der Waals surface area contributed by atoms with Gasteiger partial charge in [0.2, 0.25) is 0 Å². The molecule has 0 atom stereocenters. The molecule has 0 amide bonds. The van der Waals surface area contributed by atoms with Crippen molar-refractivity contribution >= 4 is 39.5 Å². The van der Waals surface area contributed by atoms with Crippen LogP contribution in [-0.2, 0) is 8.92 Å². The molecule has 0 spiro atoms. The first-order chi connectivity index (χ1) is 4.73. The number of rotatable bonds is 1. The average molecular weight is 446 g/mol. The maximum absolute atomic E-state index is 2.65. The zero-order valence-electron chi connectivity index (χ0n) is 5.20. The zero-order valence-corrected chi connectivity index (χ0v) is 11.3. The quantitative estimate of drug-likeness (QED) is 0.328. The van der Waals surface area contributed by atoms with Gasteiger partial charge in [-0.05, 0) is 0 Å². The van der Waals surface area contributed by atoms with Crippen LogP contribution in [0.4, 0.5) is 0 Å². The normalized spacial score (nSPS) is 43.0. The first-order valence-electron chi connectivity index (χ1n) is 3.12. The molecule has 0 saturated carbocycles. The third kappa shape index (κ3) is 1.16. The molecular weight excluding hydrogens is 439 g/mol. The third-order valence-electron chi connectivity index (χ3n) is 2.03. The van der Waals surface area contributed by atoms with E-state index in [9.17, 15) is 0 Å². The zero-order chi connectivity index (χ0) is 7.19. The van der Waals surface area contributed by atoms with E-state index in [1.807, 2.05) is 0 Å². The monoisotopic (exact) mass is 447 g/mol. The van der Waals surface area contributed by atoms with E-state index in [0.29, 0.717) is 4.01 Å². The summed E-state index contributed by atoms with van der Waals surface area (Å²) in [5.41, 5.74) is 0. The molecule has 57 valence electrons. The van der Waals surface area contributed by atoms with E-state index in [1.54, 1.807) is 0 Å². The number of hydrogen-bond donors (Lipinski definition) is 0. The molecule has 0 aromatic carbocycles. The van der Waals surface area contributed by atoms with Crippen molar-refractivity contribution in [3.63, 3.8) is 0 Å². The van der Waals surface area contributed by atoms with Crippen LogP contribution in [0, 0.1) is 5.92 Å². The van der Waals surface area contributed by atoms with Crippen LogP contribution in [0.15, 0.2) is 24.3 Å². The fourth-order valence-corrected chi connectivity index (χ4v) is 7.75. The Labute approximate surface area is 87.8 Å². The minimum absolute atomic E-state index is 0.566. The van der Waals surface area contributed by atoms with E-state index in [4.69, 9.17) is 0 Å². The summed E-state index contributed by atoms with van der Waals surface area (Å²) in [6, 6.07) is 0. The molecule has 0 N–H and O–H groups in total. The standard InChI is InChI=1S/C7H7.2HI.Ru/c1-2-7-4-3-6(1)5-7;;;/h1-4,6H,5H2;2*1H;/q;;;+2/p-2. The molecular formula is C7H7I2Ru. The van der Waals surface area contributed by atoms with E-state index in [2.05, 4.69) is 63.8 Å². The predicted molar refractivity (Wildman–Crippen MR) is 57.1 cm³/mol. The molecule has 0 nitrogen and oxygen atoms in total. The Kier molecular flexibility index (Phi) is 2.29. The van der Waals surface area contributed by atoms with E-state index in [0.717, 1.165) is 5.92 Å². The molecule has 0 heterocycles. The minimum atomic E-state index is -0.591. The Morgan fingerprint density at radius 3 is 2.10 bits per heavy atom. The van der Waals surface area contributed by atoms with Gasteiger partial charge in [-0.3, -0.25) is 0 Å². The Morgan fingerprint density at radius 2 is 1.90 bits per heavy atom. The first kappa shape index (κ1) is 8.17. The molecule has 2 bridgehead atoms. The van der Waals surface area contributed by atoms with Gasteiger partial charge in [-0.2, -0.15) is 0 Å². The molecule has 0 aliphatic heterocycles. The van der Waals surface area contributed by atoms with Crippen molar-refractivity contribution in [3.05, 3.63) is 24.3 Å². The fourth-order valence-electron chi connectivity index (χ4n) is 1.45. The van der Waals surface area contributed by atoms with Crippen LogP contribution in [0.5, 0.6) is 0 Å². The molecule has 2 aliphatic rings. The first-order valence-corrected chi connectivity index (χ1v) is 14.3. The molecule has 2 rings (SSSR count). The van der Waals surface area contributed by atoms with Crippen LogP contribution in [0.25, 0.3) is 0 Å². The van der Waals surface area contributed by atoms with Crippen LogP contribution in [0.1, 0.15) is 6.42 Å². The van der Waals surface area contributed by atoms with Gasteiger partial charge >= 0.3 is 89.1 Å². The maximum atomic E-state index is 2.65. The van der Waals surface area contributed by atoms with Gasteiger partial charge in [-0.1, -0.05) is 0 Å². The Balaban J connectivity index is 2.31. The average Bonchev–Trinajstić information content (AvgIpc) is 2.45. The second kappa shape index (κ2) is 2.80. The molecule has 10 heavy (non-hydrogen) atoms. The van der Waals surface area contributed by atoms with E-state index in [-0.39, 0.29) is 0 Å². The summed E-state index contributed by atoms with van der Waals surface area (Å²) in [7, 11) is -0.591. The van der Waals surface area contributed by atoms with Crippen molar-refractivity contribution < 1.29 is 8.92 Å². The Bertz CT molecular complexity index is 194. The van der Waals surface area contributed by atoms with E-state index >= 15 is 0 Å². The predicted octanol–water partition coefficient (Wildman–Crippen LogP) is 3.61. The third-order valence-corrected chi connectivity index (χ3v) is 12.6. The van der Waals surface area contributed by atoms with Crippen LogP contribution in [0.3, 0.4) is 0 Å². The molecule has 0 unspecified atom stereocenters. The Morgan fingerprint density at radius 1 is 1.30 bits per heavy atom. The van der Waals surface area contributed by atoms with Gasteiger partial charge in [0.1, 0.15) is 0 Å². The van der Waals surface area contributed by atoms with E-state index in [1.165, 1.54) is 6.42 Å². The second-order valence-corrected chi connectivity index (χ2v) is 22.9. The van der Waals surface area contributed by atoms with Gasteiger partial charge < -0.3 is 0 Å². The van der Waals surface area contributed by atoms with Crippen molar-refractivity contribution in [2.75, 3.05) is 0 Å². The number of allylic oxidation sites excluding steroid dienone is 4. The van der Waals surface area contributed by atoms with Gasteiger partial charge in [-0.25, -0.2) is 0 Å². The molecule has 0 aromatic rings.